The molecule has 0 radical (unpaired) electrons. The van der Waals surface area contributed by atoms with Crippen molar-refractivity contribution in [1.29, 1.82) is 0 Å². The van der Waals surface area contributed by atoms with Crippen molar-refractivity contribution in [3.8, 4) is 0 Å². The summed E-state index contributed by atoms with van der Waals surface area (Å²) >= 11 is 0. The Morgan fingerprint density at radius 2 is 0.714 bits per heavy atom. The Hall–Kier alpha value is -1.63. The van der Waals surface area contributed by atoms with E-state index >= 15 is 0 Å². The number of hydrogen-bond acceptors (Lipinski definition) is 6. The molecule has 0 aromatic heterocycles. The van der Waals surface area contributed by atoms with Gasteiger partial charge in [-0.3, -0.25) is 14.4 Å². The van der Waals surface area contributed by atoms with E-state index in [1.807, 2.05) is 0 Å². The molecule has 0 bridgehead atoms. The lowest BCUT2D eigenvalue weighted by Crippen LogP contribution is -2.41. The minimum absolute atomic E-state index is 0.0265. The van der Waals surface area contributed by atoms with Crippen LogP contribution in [0.5, 0.6) is 0 Å². The van der Waals surface area contributed by atoms with Crippen LogP contribution in [-0.4, -0.2) is 73.1 Å². The van der Waals surface area contributed by atoms with Crippen LogP contribution in [0.2, 0.25) is 0 Å². The molecule has 0 aromatic rings. The zero-order valence-corrected chi connectivity index (χ0v) is 47.9. The lowest BCUT2D eigenvalue weighted by molar-refractivity contribution is -0.146. The molecule has 1 aliphatic rings. The van der Waals surface area contributed by atoms with Gasteiger partial charge in [0, 0.05) is 31.8 Å². The van der Waals surface area contributed by atoms with Crippen LogP contribution in [0.3, 0.4) is 0 Å². The monoisotopic (exact) mass is 987 g/mol. The quantitative estimate of drug-likeness (QED) is 0.0446. The second kappa shape index (κ2) is 50.9. The molecule has 1 saturated heterocycles. The molecule has 0 aromatic carbocycles. The van der Waals surface area contributed by atoms with Gasteiger partial charge >= 0.3 is 11.9 Å². The van der Waals surface area contributed by atoms with Crippen molar-refractivity contribution in [2.45, 2.75) is 336 Å². The highest BCUT2D eigenvalue weighted by Gasteiger charge is 2.24. The summed E-state index contributed by atoms with van der Waals surface area (Å²) < 4.78 is 11.9. The minimum atomic E-state index is -0.0265. The number of carbonyl (C=O) groups is 3. The summed E-state index contributed by atoms with van der Waals surface area (Å²) in [5.41, 5.74) is 0. The van der Waals surface area contributed by atoms with Crippen LogP contribution in [0, 0.1) is 11.8 Å². The normalized spacial score (nSPS) is 14.2. The summed E-state index contributed by atoms with van der Waals surface area (Å²) in [5, 5.41) is 0. The Balaban J connectivity index is 2.85. The highest BCUT2D eigenvalue weighted by molar-refractivity contribution is 5.76. The molecule has 1 aliphatic heterocycles. The second-order valence-electron chi connectivity index (χ2n) is 22.5. The van der Waals surface area contributed by atoms with Gasteiger partial charge in [0.25, 0.3) is 0 Å². The highest BCUT2D eigenvalue weighted by atomic mass is 16.5. The first kappa shape index (κ1) is 66.4. The maximum atomic E-state index is 14.2. The lowest BCUT2D eigenvalue weighted by atomic mass is 9.95. The molecule has 1 fully saturated rings. The Bertz CT molecular complexity index is 1080. The Morgan fingerprint density at radius 3 is 1.11 bits per heavy atom. The van der Waals surface area contributed by atoms with Gasteiger partial charge in [-0.15, -0.1) is 0 Å². The van der Waals surface area contributed by atoms with Gasteiger partial charge in [0.2, 0.25) is 5.91 Å². The van der Waals surface area contributed by atoms with Crippen LogP contribution in [0.4, 0.5) is 0 Å². The number of nitrogens with zero attached hydrogens (tertiary/aromatic N) is 2. The predicted molar refractivity (Wildman–Crippen MR) is 302 cm³/mol. The highest BCUT2D eigenvalue weighted by Crippen LogP contribution is 2.24. The maximum Gasteiger partial charge on any atom is 0.305 e. The minimum Gasteiger partial charge on any atom is -0.465 e. The average Bonchev–Trinajstić information content (AvgIpc) is 3.89. The SMILES string of the molecule is CCCCCCCCCCN(C(=O)CCCN1CCCC1)C(CCCCCC(=O)OCC(CCCCCC)CCCCCCCC)CCCCCC(=O)OCC(CCCCCC)CCCCCCCC. The predicted octanol–water partition coefficient (Wildman–Crippen LogP) is 18.9. The maximum absolute atomic E-state index is 14.2. The third kappa shape index (κ3) is 40.8. The average molecular weight is 988 g/mol. The molecule has 70 heavy (non-hydrogen) atoms. The molecular formula is C63H122N2O5. The van der Waals surface area contributed by atoms with Crippen LogP contribution >= 0.6 is 0 Å². The summed E-state index contributed by atoms with van der Waals surface area (Å²) in [6.07, 6.45) is 53.6. The van der Waals surface area contributed by atoms with Crippen molar-refractivity contribution in [2.24, 2.45) is 11.8 Å². The van der Waals surface area contributed by atoms with Gasteiger partial charge in [-0.1, -0.05) is 234 Å². The van der Waals surface area contributed by atoms with E-state index < -0.39 is 0 Å². The number of hydrogen-bond donors (Lipinski definition) is 0. The van der Waals surface area contributed by atoms with Crippen molar-refractivity contribution >= 4 is 17.8 Å². The van der Waals surface area contributed by atoms with Gasteiger partial charge in [0.15, 0.2) is 0 Å². The third-order valence-electron chi connectivity index (χ3n) is 15.7. The molecule has 1 amide bonds. The number of amides is 1. The van der Waals surface area contributed by atoms with Gasteiger partial charge in [0.1, 0.15) is 0 Å². The fraction of sp³-hybridized carbons (Fsp3) is 0.952. The van der Waals surface area contributed by atoms with E-state index in [1.54, 1.807) is 0 Å². The van der Waals surface area contributed by atoms with Gasteiger partial charge in [-0.05, 0) is 109 Å². The molecular weight excluding hydrogens is 865 g/mol. The van der Waals surface area contributed by atoms with Crippen molar-refractivity contribution in [1.82, 2.24) is 9.80 Å². The molecule has 2 atom stereocenters. The van der Waals surface area contributed by atoms with Crippen molar-refractivity contribution < 1.29 is 23.9 Å². The van der Waals surface area contributed by atoms with Crippen molar-refractivity contribution in [3.63, 3.8) is 0 Å². The number of unbranched alkanes of at least 4 members (excludes halogenated alkanes) is 27. The molecule has 2 unspecified atom stereocenters. The molecule has 7 nitrogen and oxygen atoms in total. The molecule has 1 rings (SSSR count). The number of ether oxygens (including phenoxy) is 2. The molecule has 7 heteroatoms. The third-order valence-corrected chi connectivity index (χ3v) is 15.7. The van der Waals surface area contributed by atoms with Crippen LogP contribution in [0.25, 0.3) is 0 Å². The zero-order chi connectivity index (χ0) is 50.8. The van der Waals surface area contributed by atoms with Crippen LogP contribution in [-0.2, 0) is 23.9 Å². The number of carbonyl (C=O) groups excluding carboxylic acids is 3. The molecule has 0 aliphatic carbocycles. The number of rotatable bonds is 54. The zero-order valence-electron chi connectivity index (χ0n) is 47.9. The van der Waals surface area contributed by atoms with Gasteiger partial charge < -0.3 is 19.3 Å². The number of esters is 2. The first-order valence-corrected chi connectivity index (χ1v) is 31.7. The second-order valence-corrected chi connectivity index (χ2v) is 22.5. The Labute approximate surface area is 437 Å². The van der Waals surface area contributed by atoms with Gasteiger partial charge in [0.05, 0.1) is 13.2 Å². The number of likely N-dealkylation sites (tertiary alicyclic amines) is 1. The van der Waals surface area contributed by atoms with E-state index in [9.17, 15) is 14.4 Å². The molecule has 0 spiro atoms. The largest absolute Gasteiger partial charge is 0.465 e. The van der Waals surface area contributed by atoms with Crippen LogP contribution in [0.1, 0.15) is 330 Å². The Kier molecular flexibility index (Phi) is 48.3. The smallest absolute Gasteiger partial charge is 0.305 e. The van der Waals surface area contributed by atoms with Crippen molar-refractivity contribution in [2.75, 3.05) is 39.4 Å². The topological polar surface area (TPSA) is 76.2 Å². The van der Waals surface area contributed by atoms with Crippen LogP contribution < -0.4 is 0 Å². The van der Waals surface area contributed by atoms with Gasteiger partial charge in [-0.25, -0.2) is 0 Å². The lowest BCUT2D eigenvalue weighted by Gasteiger charge is -2.33. The van der Waals surface area contributed by atoms with E-state index in [1.165, 1.54) is 225 Å². The first-order chi connectivity index (χ1) is 34.4. The fourth-order valence-corrected chi connectivity index (χ4v) is 11.0. The Morgan fingerprint density at radius 1 is 0.386 bits per heavy atom. The fourth-order valence-electron chi connectivity index (χ4n) is 11.0. The van der Waals surface area contributed by atoms with E-state index in [0.717, 1.165) is 77.3 Å². The van der Waals surface area contributed by atoms with E-state index in [4.69, 9.17) is 9.47 Å². The summed E-state index contributed by atoms with van der Waals surface area (Å²) in [6.45, 7) is 16.8. The molecule has 0 saturated carbocycles. The standard InChI is InChI=1S/C63H122N2O5/c1-6-11-16-21-24-25-28-39-55-65(61(66)49-42-54-64-52-40-41-53-64)60(47-35-29-37-50-62(67)69-56-58(43-31-19-14-9-4)45-33-26-22-17-12-7-2)48-36-30-38-51-63(68)70-57-59(44-32-20-15-10-5)46-34-27-23-18-13-8-3/h58-60H,6-57H2,1-5H3. The summed E-state index contributed by atoms with van der Waals surface area (Å²) in [6, 6.07) is 0.216. The van der Waals surface area contributed by atoms with Crippen LogP contribution in [0.15, 0.2) is 0 Å². The molecule has 414 valence electrons. The molecule has 1 heterocycles. The van der Waals surface area contributed by atoms with Crippen molar-refractivity contribution in [3.05, 3.63) is 0 Å². The summed E-state index contributed by atoms with van der Waals surface area (Å²) in [5.74, 6) is 1.28. The molecule has 0 N–H and O–H groups in total. The van der Waals surface area contributed by atoms with E-state index in [2.05, 4.69) is 44.4 Å². The summed E-state index contributed by atoms with van der Waals surface area (Å²) in [4.78, 5) is 45.2. The van der Waals surface area contributed by atoms with Gasteiger partial charge in [-0.2, -0.15) is 0 Å². The first-order valence-electron chi connectivity index (χ1n) is 31.7. The van der Waals surface area contributed by atoms with E-state index in [0.29, 0.717) is 50.2 Å². The van der Waals surface area contributed by atoms with E-state index in [-0.39, 0.29) is 18.0 Å². The summed E-state index contributed by atoms with van der Waals surface area (Å²) in [7, 11) is 0.